The van der Waals surface area contributed by atoms with Crippen LogP contribution in [0.15, 0.2) is 54.6 Å². The summed E-state index contributed by atoms with van der Waals surface area (Å²) in [6.45, 7) is 6.54. The second-order valence-corrected chi connectivity index (χ2v) is 6.28. The summed E-state index contributed by atoms with van der Waals surface area (Å²) in [4.78, 5) is 12.3. The molecule has 1 amide bonds. The van der Waals surface area contributed by atoms with E-state index in [9.17, 15) is 4.79 Å². The summed E-state index contributed by atoms with van der Waals surface area (Å²) in [6.07, 6.45) is 0.400. The van der Waals surface area contributed by atoms with Gasteiger partial charge in [-0.15, -0.1) is 0 Å². The van der Waals surface area contributed by atoms with Crippen molar-refractivity contribution >= 4 is 5.91 Å². The summed E-state index contributed by atoms with van der Waals surface area (Å²) in [5.74, 6) is 0.0283. The molecule has 0 radical (unpaired) electrons. The molecule has 0 aliphatic carbocycles. The lowest BCUT2D eigenvalue weighted by Gasteiger charge is -2.08. The first-order valence-corrected chi connectivity index (χ1v) is 8.48. The van der Waals surface area contributed by atoms with Crippen molar-refractivity contribution in [2.45, 2.75) is 33.7 Å². The fourth-order valence-electron chi connectivity index (χ4n) is 2.98. The highest BCUT2D eigenvalue weighted by molar-refractivity contribution is 5.78. The van der Waals surface area contributed by atoms with Crippen molar-refractivity contribution in [2.75, 3.05) is 0 Å². The van der Waals surface area contributed by atoms with Crippen LogP contribution in [0.5, 0.6) is 0 Å². The van der Waals surface area contributed by atoms with Gasteiger partial charge in [-0.2, -0.15) is 5.10 Å². The number of benzene rings is 2. The Morgan fingerprint density at radius 2 is 1.68 bits per heavy atom. The van der Waals surface area contributed by atoms with E-state index in [4.69, 9.17) is 0 Å². The maximum atomic E-state index is 12.3. The fraction of sp³-hybridized carbons (Fsp3) is 0.238. The van der Waals surface area contributed by atoms with Gasteiger partial charge in [0.05, 0.1) is 17.8 Å². The lowest BCUT2D eigenvalue weighted by atomic mass is 10.1. The van der Waals surface area contributed by atoms with Crippen LogP contribution in [0.3, 0.4) is 0 Å². The minimum atomic E-state index is 0.0283. The van der Waals surface area contributed by atoms with Gasteiger partial charge in [-0.3, -0.25) is 4.79 Å². The second-order valence-electron chi connectivity index (χ2n) is 6.28. The molecule has 2 aromatic carbocycles. The second kappa shape index (κ2) is 7.34. The fourth-order valence-corrected chi connectivity index (χ4v) is 2.98. The molecule has 128 valence electrons. The molecule has 1 heterocycles. The Labute approximate surface area is 148 Å². The van der Waals surface area contributed by atoms with Crippen LogP contribution < -0.4 is 5.32 Å². The lowest BCUT2D eigenvalue weighted by molar-refractivity contribution is -0.120. The molecule has 1 N–H and O–H groups in total. The lowest BCUT2D eigenvalue weighted by Crippen LogP contribution is -2.25. The van der Waals surface area contributed by atoms with E-state index in [1.54, 1.807) is 0 Å². The van der Waals surface area contributed by atoms with Gasteiger partial charge in [-0.05, 0) is 44.0 Å². The number of carbonyl (C=O) groups is 1. The summed E-state index contributed by atoms with van der Waals surface area (Å²) in [5.41, 5.74) is 6.30. The van der Waals surface area contributed by atoms with Crippen LogP contribution in [0.1, 0.15) is 28.1 Å². The summed E-state index contributed by atoms with van der Waals surface area (Å²) >= 11 is 0. The van der Waals surface area contributed by atoms with Gasteiger partial charge in [-0.25, -0.2) is 4.68 Å². The number of hydrogen-bond acceptors (Lipinski definition) is 2. The normalized spacial score (nSPS) is 10.7. The Bertz CT molecular complexity index is 881. The molecule has 3 aromatic rings. The van der Waals surface area contributed by atoms with Crippen molar-refractivity contribution in [2.24, 2.45) is 0 Å². The Balaban J connectivity index is 1.70. The number of nitrogens with one attached hydrogen (secondary N) is 1. The first kappa shape index (κ1) is 17.0. The first-order valence-electron chi connectivity index (χ1n) is 8.48. The van der Waals surface area contributed by atoms with E-state index < -0.39 is 0 Å². The van der Waals surface area contributed by atoms with E-state index in [1.165, 1.54) is 0 Å². The average Bonchev–Trinajstić information content (AvgIpc) is 2.90. The summed E-state index contributed by atoms with van der Waals surface area (Å²) in [5, 5.41) is 7.65. The summed E-state index contributed by atoms with van der Waals surface area (Å²) in [6, 6.07) is 18.0. The molecule has 0 aliphatic rings. The smallest absolute Gasteiger partial charge is 0.224 e. The van der Waals surface area contributed by atoms with E-state index in [0.717, 1.165) is 33.8 Å². The van der Waals surface area contributed by atoms with Gasteiger partial charge in [0.15, 0.2) is 0 Å². The SMILES string of the molecule is Cc1ccccc1CC(=O)NCc1c(C)nn(-c2ccccc2)c1C. The zero-order valence-corrected chi connectivity index (χ0v) is 14.9. The Morgan fingerprint density at radius 3 is 2.40 bits per heavy atom. The van der Waals surface area contributed by atoms with Gasteiger partial charge in [0.2, 0.25) is 5.91 Å². The van der Waals surface area contributed by atoms with Crippen molar-refractivity contribution in [3.05, 3.63) is 82.7 Å². The maximum Gasteiger partial charge on any atom is 0.224 e. The van der Waals surface area contributed by atoms with Crippen LogP contribution in [-0.4, -0.2) is 15.7 Å². The largest absolute Gasteiger partial charge is 0.352 e. The van der Waals surface area contributed by atoms with Crippen LogP contribution >= 0.6 is 0 Å². The first-order chi connectivity index (χ1) is 12.1. The monoisotopic (exact) mass is 333 g/mol. The predicted molar refractivity (Wildman–Crippen MR) is 99.8 cm³/mol. The molecule has 1 aromatic heterocycles. The molecule has 0 bridgehead atoms. The Hall–Kier alpha value is -2.88. The van der Waals surface area contributed by atoms with Crippen LogP contribution in [0, 0.1) is 20.8 Å². The van der Waals surface area contributed by atoms with Crippen LogP contribution in [-0.2, 0) is 17.8 Å². The third-order valence-electron chi connectivity index (χ3n) is 4.52. The van der Waals surface area contributed by atoms with E-state index in [2.05, 4.69) is 10.4 Å². The molecule has 3 rings (SSSR count). The highest BCUT2D eigenvalue weighted by atomic mass is 16.1. The number of rotatable bonds is 5. The Kier molecular flexibility index (Phi) is 4.98. The summed E-state index contributed by atoms with van der Waals surface area (Å²) in [7, 11) is 0. The molecule has 0 saturated heterocycles. The number of nitrogens with zero attached hydrogens (tertiary/aromatic N) is 2. The van der Waals surface area contributed by atoms with E-state index in [0.29, 0.717) is 13.0 Å². The maximum absolute atomic E-state index is 12.3. The molecular weight excluding hydrogens is 310 g/mol. The number of aromatic nitrogens is 2. The molecular formula is C21H23N3O. The predicted octanol–water partition coefficient (Wildman–Crippen LogP) is 3.66. The van der Waals surface area contributed by atoms with Crippen molar-refractivity contribution in [1.29, 1.82) is 0 Å². The molecule has 0 saturated carbocycles. The molecule has 4 heteroatoms. The van der Waals surface area contributed by atoms with Crippen molar-refractivity contribution in [1.82, 2.24) is 15.1 Å². The van der Waals surface area contributed by atoms with Gasteiger partial charge in [-0.1, -0.05) is 42.5 Å². The van der Waals surface area contributed by atoms with E-state index in [-0.39, 0.29) is 5.91 Å². The number of amides is 1. The highest BCUT2D eigenvalue weighted by Gasteiger charge is 2.14. The van der Waals surface area contributed by atoms with Crippen LogP contribution in [0.25, 0.3) is 5.69 Å². The molecule has 0 unspecified atom stereocenters. The summed E-state index contributed by atoms with van der Waals surface area (Å²) < 4.78 is 1.93. The molecule has 4 nitrogen and oxygen atoms in total. The van der Waals surface area contributed by atoms with Crippen molar-refractivity contribution in [3.63, 3.8) is 0 Å². The quantitative estimate of drug-likeness (QED) is 0.774. The van der Waals surface area contributed by atoms with Gasteiger partial charge >= 0.3 is 0 Å². The minimum absolute atomic E-state index is 0.0283. The number of para-hydroxylation sites is 1. The molecule has 0 aliphatic heterocycles. The number of carbonyl (C=O) groups excluding carboxylic acids is 1. The Morgan fingerprint density at radius 1 is 1.00 bits per heavy atom. The molecule has 0 fully saturated rings. The third-order valence-corrected chi connectivity index (χ3v) is 4.52. The standard InChI is InChI=1S/C21H23N3O/c1-15-9-7-8-10-18(15)13-21(25)22-14-20-16(2)23-24(17(20)3)19-11-5-4-6-12-19/h4-12H,13-14H2,1-3H3,(H,22,25). The van der Waals surface area contributed by atoms with Gasteiger partial charge < -0.3 is 5.32 Å². The van der Waals surface area contributed by atoms with Gasteiger partial charge in [0.1, 0.15) is 0 Å². The zero-order chi connectivity index (χ0) is 17.8. The van der Waals surface area contributed by atoms with Crippen molar-refractivity contribution in [3.8, 4) is 5.69 Å². The van der Waals surface area contributed by atoms with Gasteiger partial charge in [0, 0.05) is 17.8 Å². The zero-order valence-electron chi connectivity index (χ0n) is 14.9. The van der Waals surface area contributed by atoms with E-state index >= 15 is 0 Å². The van der Waals surface area contributed by atoms with Gasteiger partial charge in [0.25, 0.3) is 0 Å². The molecule has 25 heavy (non-hydrogen) atoms. The minimum Gasteiger partial charge on any atom is -0.352 e. The number of aryl methyl sites for hydroxylation is 2. The molecule has 0 spiro atoms. The highest BCUT2D eigenvalue weighted by Crippen LogP contribution is 2.17. The third kappa shape index (κ3) is 3.79. The van der Waals surface area contributed by atoms with E-state index in [1.807, 2.05) is 80.1 Å². The molecule has 0 atom stereocenters. The topological polar surface area (TPSA) is 46.9 Å². The van der Waals surface area contributed by atoms with Crippen molar-refractivity contribution < 1.29 is 4.79 Å². The average molecular weight is 333 g/mol. The van der Waals surface area contributed by atoms with Crippen LogP contribution in [0.2, 0.25) is 0 Å². The van der Waals surface area contributed by atoms with Crippen LogP contribution in [0.4, 0.5) is 0 Å². The number of hydrogen-bond donors (Lipinski definition) is 1.